The van der Waals surface area contributed by atoms with E-state index in [9.17, 15) is 9.59 Å². The fraction of sp³-hybridized carbons (Fsp3) is 0.429. The van der Waals surface area contributed by atoms with Crippen molar-refractivity contribution in [1.82, 2.24) is 5.32 Å². The molecular formula is C14H19NO4. The number of nitrogens with one attached hydrogen (secondary N) is 1. The van der Waals surface area contributed by atoms with Crippen LogP contribution in [0.4, 0.5) is 0 Å². The van der Waals surface area contributed by atoms with E-state index in [1.165, 1.54) is 0 Å². The van der Waals surface area contributed by atoms with Gasteiger partial charge in [-0.2, -0.15) is 0 Å². The van der Waals surface area contributed by atoms with Crippen molar-refractivity contribution in [1.29, 1.82) is 0 Å². The zero-order chi connectivity index (χ0) is 14.4. The van der Waals surface area contributed by atoms with E-state index in [1.807, 2.05) is 32.0 Å². The Hall–Kier alpha value is -2.04. The lowest BCUT2D eigenvalue weighted by Crippen LogP contribution is -2.42. The Morgan fingerprint density at radius 1 is 1.26 bits per heavy atom. The highest BCUT2D eigenvalue weighted by Crippen LogP contribution is 2.15. The van der Waals surface area contributed by atoms with Gasteiger partial charge in [0, 0.05) is 0 Å². The number of aliphatic carboxylic acids is 1. The molecule has 0 unspecified atom stereocenters. The summed E-state index contributed by atoms with van der Waals surface area (Å²) < 4.78 is 5.35. The van der Waals surface area contributed by atoms with E-state index < -0.39 is 17.9 Å². The molecule has 5 nitrogen and oxygen atoms in total. The number of rotatable bonds is 6. The van der Waals surface area contributed by atoms with Gasteiger partial charge in [0.25, 0.3) is 5.91 Å². The molecule has 0 bridgehead atoms. The highest BCUT2D eigenvalue weighted by molar-refractivity contribution is 5.84. The van der Waals surface area contributed by atoms with Crippen LogP contribution in [0.5, 0.6) is 5.75 Å². The molecule has 1 aromatic rings. The summed E-state index contributed by atoms with van der Waals surface area (Å²) in [6, 6.07) is 4.80. The Balaban J connectivity index is 2.52. The zero-order valence-corrected chi connectivity index (χ0v) is 11.4. The molecule has 1 aromatic carbocycles. The van der Waals surface area contributed by atoms with Crippen molar-refractivity contribution in [2.45, 2.75) is 33.2 Å². The summed E-state index contributed by atoms with van der Waals surface area (Å²) in [6.45, 7) is 5.39. The lowest BCUT2D eigenvalue weighted by Gasteiger charge is -2.13. The van der Waals surface area contributed by atoms with Gasteiger partial charge in [0.1, 0.15) is 11.8 Å². The lowest BCUT2D eigenvalue weighted by molar-refractivity contribution is -0.142. The first kappa shape index (κ1) is 15.0. The van der Waals surface area contributed by atoms with Crippen LogP contribution < -0.4 is 10.1 Å². The topological polar surface area (TPSA) is 75.6 Å². The van der Waals surface area contributed by atoms with Gasteiger partial charge in [-0.25, -0.2) is 4.79 Å². The molecule has 5 heteroatoms. The summed E-state index contributed by atoms with van der Waals surface area (Å²) in [4.78, 5) is 22.3. The summed E-state index contributed by atoms with van der Waals surface area (Å²) in [5.41, 5.74) is 2.10. The van der Waals surface area contributed by atoms with Crippen LogP contribution >= 0.6 is 0 Å². The van der Waals surface area contributed by atoms with E-state index in [4.69, 9.17) is 9.84 Å². The monoisotopic (exact) mass is 265 g/mol. The van der Waals surface area contributed by atoms with E-state index in [0.717, 1.165) is 11.1 Å². The maximum absolute atomic E-state index is 11.6. The van der Waals surface area contributed by atoms with E-state index in [2.05, 4.69) is 5.32 Å². The van der Waals surface area contributed by atoms with Crippen LogP contribution in [0.25, 0.3) is 0 Å². The van der Waals surface area contributed by atoms with Gasteiger partial charge in [-0.1, -0.05) is 13.0 Å². The molecular weight excluding hydrogens is 246 g/mol. The Morgan fingerprint density at radius 2 is 1.84 bits per heavy atom. The third-order valence-corrected chi connectivity index (χ3v) is 2.61. The molecule has 0 saturated heterocycles. The molecule has 19 heavy (non-hydrogen) atoms. The van der Waals surface area contributed by atoms with Gasteiger partial charge in [0.05, 0.1) is 0 Å². The molecule has 0 aliphatic rings. The molecule has 2 N–H and O–H groups in total. The molecule has 0 fully saturated rings. The molecule has 0 radical (unpaired) electrons. The SMILES string of the molecule is CC[C@H](NC(=O)COc1cc(C)cc(C)c1)C(=O)O. The Bertz CT molecular complexity index is 450. The highest BCUT2D eigenvalue weighted by atomic mass is 16.5. The molecule has 0 saturated carbocycles. The van der Waals surface area contributed by atoms with Gasteiger partial charge >= 0.3 is 5.97 Å². The predicted octanol–water partition coefficient (Wildman–Crippen LogP) is 1.66. The smallest absolute Gasteiger partial charge is 0.326 e. The van der Waals surface area contributed by atoms with Crippen molar-refractivity contribution in [3.05, 3.63) is 29.3 Å². The number of hydrogen-bond acceptors (Lipinski definition) is 3. The Kier molecular flexibility index (Phi) is 5.36. The van der Waals surface area contributed by atoms with Crippen molar-refractivity contribution in [2.75, 3.05) is 6.61 Å². The number of ether oxygens (including phenoxy) is 1. The minimum Gasteiger partial charge on any atom is -0.484 e. The van der Waals surface area contributed by atoms with Gasteiger partial charge in [-0.3, -0.25) is 4.79 Å². The predicted molar refractivity (Wildman–Crippen MR) is 71.3 cm³/mol. The summed E-state index contributed by atoms with van der Waals surface area (Å²) in [6.07, 6.45) is 0.338. The minimum atomic E-state index is -1.04. The fourth-order valence-electron chi connectivity index (χ4n) is 1.74. The summed E-state index contributed by atoms with van der Waals surface area (Å²) in [5.74, 6) is -0.869. The van der Waals surface area contributed by atoms with Crippen LogP contribution in [0, 0.1) is 13.8 Å². The molecule has 0 aliphatic heterocycles. The number of carboxylic acid groups (broad SMARTS) is 1. The number of carbonyl (C=O) groups excluding carboxylic acids is 1. The van der Waals surface area contributed by atoms with Crippen LogP contribution in [-0.4, -0.2) is 29.6 Å². The molecule has 0 heterocycles. The summed E-state index contributed by atoms with van der Waals surface area (Å²) >= 11 is 0. The first-order chi connectivity index (χ1) is 8.92. The second kappa shape index (κ2) is 6.78. The van der Waals surface area contributed by atoms with Crippen LogP contribution in [0.3, 0.4) is 0 Å². The van der Waals surface area contributed by atoms with Crippen molar-refractivity contribution in [2.24, 2.45) is 0 Å². The van der Waals surface area contributed by atoms with Crippen LogP contribution in [0.15, 0.2) is 18.2 Å². The molecule has 0 aromatic heterocycles. The van der Waals surface area contributed by atoms with Crippen molar-refractivity contribution in [3.8, 4) is 5.75 Å². The van der Waals surface area contributed by atoms with Gasteiger partial charge in [-0.05, 0) is 43.5 Å². The van der Waals surface area contributed by atoms with Crippen LogP contribution in [0.1, 0.15) is 24.5 Å². The second-order valence-corrected chi connectivity index (χ2v) is 4.48. The third kappa shape index (κ3) is 4.99. The first-order valence-corrected chi connectivity index (χ1v) is 6.15. The van der Waals surface area contributed by atoms with Crippen LogP contribution in [0.2, 0.25) is 0 Å². The molecule has 1 atom stereocenters. The number of carboxylic acids is 1. The third-order valence-electron chi connectivity index (χ3n) is 2.61. The van der Waals surface area contributed by atoms with Crippen molar-refractivity contribution in [3.63, 3.8) is 0 Å². The molecule has 0 aliphatic carbocycles. The van der Waals surface area contributed by atoms with E-state index >= 15 is 0 Å². The van der Waals surface area contributed by atoms with Gasteiger partial charge < -0.3 is 15.2 Å². The van der Waals surface area contributed by atoms with Crippen molar-refractivity contribution >= 4 is 11.9 Å². The first-order valence-electron chi connectivity index (χ1n) is 6.15. The second-order valence-electron chi connectivity index (χ2n) is 4.48. The Morgan fingerprint density at radius 3 is 2.32 bits per heavy atom. The Labute approximate surface area is 112 Å². The quantitative estimate of drug-likeness (QED) is 0.820. The molecule has 1 amide bonds. The number of hydrogen-bond donors (Lipinski definition) is 2. The number of carbonyl (C=O) groups is 2. The van der Waals surface area contributed by atoms with Gasteiger partial charge in [-0.15, -0.1) is 0 Å². The number of benzene rings is 1. The van der Waals surface area contributed by atoms with E-state index in [1.54, 1.807) is 6.92 Å². The molecule has 1 rings (SSSR count). The summed E-state index contributed by atoms with van der Waals surface area (Å²) in [5, 5.41) is 11.2. The number of aryl methyl sites for hydroxylation is 2. The number of amides is 1. The fourth-order valence-corrected chi connectivity index (χ4v) is 1.74. The van der Waals surface area contributed by atoms with Crippen LogP contribution in [-0.2, 0) is 9.59 Å². The van der Waals surface area contributed by atoms with E-state index in [-0.39, 0.29) is 6.61 Å². The molecule has 104 valence electrons. The maximum Gasteiger partial charge on any atom is 0.326 e. The lowest BCUT2D eigenvalue weighted by atomic mass is 10.1. The highest BCUT2D eigenvalue weighted by Gasteiger charge is 2.17. The zero-order valence-electron chi connectivity index (χ0n) is 11.4. The largest absolute Gasteiger partial charge is 0.484 e. The average molecular weight is 265 g/mol. The maximum atomic E-state index is 11.6. The average Bonchev–Trinajstić information content (AvgIpc) is 2.32. The van der Waals surface area contributed by atoms with E-state index in [0.29, 0.717) is 12.2 Å². The minimum absolute atomic E-state index is 0.188. The van der Waals surface area contributed by atoms with Crippen molar-refractivity contribution < 1.29 is 19.4 Å². The standard InChI is InChI=1S/C14H19NO4/c1-4-12(14(17)18)15-13(16)8-19-11-6-9(2)5-10(3)7-11/h5-7,12H,4,8H2,1-3H3,(H,15,16)(H,17,18)/t12-/m0/s1. The summed E-state index contributed by atoms with van der Waals surface area (Å²) in [7, 11) is 0. The normalized spacial score (nSPS) is 11.7. The van der Waals surface area contributed by atoms with Gasteiger partial charge in [0.2, 0.25) is 0 Å². The van der Waals surface area contributed by atoms with Gasteiger partial charge in [0.15, 0.2) is 6.61 Å². The molecule has 0 spiro atoms.